The van der Waals surface area contributed by atoms with E-state index in [2.05, 4.69) is 36.7 Å². The Hall–Kier alpha value is -2.40. The molecule has 15 nitrogen and oxygen atoms in total. The lowest BCUT2D eigenvalue weighted by Gasteiger charge is -2.63. The Morgan fingerprint density at radius 3 is 2.11 bits per heavy atom. The van der Waals surface area contributed by atoms with E-state index < -0.39 is 24.2 Å². The second-order valence-corrected chi connectivity index (χ2v) is 17.0. The minimum atomic E-state index is -1.21. The van der Waals surface area contributed by atoms with E-state index in [1.807, 2.05) is 0 Å². The van der Waals surface area contributed by atoms with Gasteiger partial charge in [-0.15, -0.1) is 0 Å². The third-order valence-corrected chi connectivity index (χ3v) is 13.8. The highest BCUT2D eigenvalue weighted by molar-refractivity contribution is 5.84. The van der Waals surface area contributed by atoms with Crippen LogP contribution in [0, 0.1) is 46.3 Å². The molecular weight excluding hydrogens is 714 g/mol. The molecular formula is C40H69N3O12. The first-order valence-electron chi connectivity index (χ1n) is 20.5. The van der Waals surface area contributed by atoms with Gasteiger partial charge in [-0.3, -0.25) is 14.4 Å². The smallest absolute Gasteiger partial charge is 0.326 e. The number of ether oxygens (including phenoxy) is 4. The predicted octanol–water partition coefficient (Wildman–Crippen LogP) is 1.64. The van der Waals surface area contributed by atoms with E-state index in [1.165, 1.54) is 0 Å². The van der Waals surface area contributed by atoms with Crippen molar-refractivity contribution in [1.82, 2.24) is 16.0 Å². The summed E-state index contributed by atoms with van der Waals surface area (Å²) in [6, 6.07) is -1.20. The molecule has 0 aromatic heterocycles. The summed E-state index contributed by atoms with van der Waals surface area (Å²) in [7, 11) is 1.58. The third-order valence-electron chi connectivity index (χ3n) is 13.8. The molecule has 55 heavy (non-hydrogen) atoms. The number of carbonyl (C=O) groups is 4. The number of methoxy groups -OCH3 is 1. The highest BCUT2D eigenvalue weighted by Crippen LogP contribution is 2.68. The Balaban J connectivity index is 1.11. The van der Waals surface area contributed by atoms with Gasteiger partial charge < -0.3 is 55.3 Å². The number of hydrogen-bond acceptors (Lipinski definition) is 11. The summed E-state index contributed by atoms with van der Waals surface area (Å²) in [6.07, 6.45) is 4.84. The van der Waals surface area contributed by atoms with Gasteiger partial charge in [-0.25, -0.2) is 4.79 Å². The SMILES string of the molecule is COCCOCCNC(=O)COCCOCCNC(=O)CCC(NC(=O)CC[C@@H](C)C1CC[C@H]2C3C(C[C@H](O)[C@]12C)[C@@]1(C)CC[C@@H](O)C[C@H]1C[C@H]3O)C(=O)O. The van der Waals surface area contributed by atoms with E-state index in [9.17, 15) is 39.6 Å². The van der Waals surface area contributed by atoms with Gasteiger partial charge in [-0.05, 0) is 104 Å². The summed E-state index contributed by atoms with van der Waals surface area (Å²) in [4.78, 5) is 49.0. The van der Waals surface area contributed by atoms with Gasteiger partial charge in [0.05, 0.1) is 58.0 Å². The lowest BCUT2D eigenvalue weighted by Crippen LogP contribution is -2.62. The fourth-order valence-corrected chi connectivity index (χ4v) is 10.8. The topological polar surface area (TPSA) is 222 Å². The molecule has 0 aromatic carbocycles. The minimum Gasteiger partial charge on any atom is -0.480 e. The summed E-state index contributed by atoms with van der Waals surface area (Å²) in [5.41, 5.74) is -0.382. The van der Waals surface area contributed by atoms with Crippen molar-refractivity contribution in [3.63, 3.8) is 0 Å². The van der Waals surface area contributed by atoms with Crippen LogP contribution in [0.2, 0.25) is 0 Å². The molecule has 4 fully saturated rings. The molecule has 7 N–H and O–H groups in total. The van der Waals surface area contributed by atoms with E-state index >= 15 is 0 Å². The van der Waals surface area contributed by atoms with Crippen LogP contribution in [-0.4, -0.2) is 135 Å². The normalized spacial score (nSPS) is 33.7. The zero-order valence-electron chi connectivity index (χ0n) is 33.5. The van der Waals surface area contributed by atoms with Gasteiger partial charge in [0.25, 0.3) is 0 Å². The molecule has 3 amide bonds. The van der Waals surface area contributed by atoms with Crippen LogP contribution < -0.4 is 16.0 Å². The molecule has 0 aromatic rings. The van der Waals surface area contributed by atoms with E-state index in [-0.39, 0.29) is 122 Å². The van der Waals surface area contributed by atoms with Gasteiger partial charge in [-0.2, -0.15) is 0 Å². The number of aliphatic carboxylic acids is 1. The Morgan fingerprint density at radius 2 is 1.42 bits per heavy atom. The Bertz CT molecular complexity index is 1260. The first-order valence-corrected chi connectivity index (χ1v) is 20.5. The lowest BCUT2D eigenvalue weighted by atomic mass is 9.43. The van der Waals surface area contributed by atoms with Crippen LogP contribution in [0.3, 0.4) is 0 Å². The highest BCUT2D eigenvalue weighted by Gasteiger charge is 2.65. The second kappa shape index (κ2) is 21.4. The van der Waals surface area contributed by atoms with Crippen LogP contribution >= 0.6 is 0 Å². The Morgan fingerprint density at radius 1 is 0.764 bits per heavy atom. The number of amides is 3. The quantitative estimate of drug-likeness (QED) is 0.0736. The van der Waals surface area contributed by atoms with Gasteiger partial charge in [-0.1, -0.05) is 20.8 Å². The van der Waals surface area contributed by atoms with Crippen molar-refractivity contribution in [2.45, 2.75) is 116 Å². The van der Waals surface area contributed by atoms with Gasteiger partial charge in [0.2, 0.25) is 17.7 Å². The number of carboxylic acids is 1. The van der Waals surface area contributed by atoms with E-state index in [0.29, 0.717) is 45.6 Å². The van der Waals surface area contributed by atoms with E-state index in [1.54, 1.807) is 7.11 Å². The molecule has 0 spiro atoms. The largest absolute Gasteiger partial charge is 0.480 e. The molecule has 4 aliphatic carbocycles. The van der Waals surface area contributed by atoms with E-state index in [4.69, 9.17) is 18.9 Å². The highest BCUT2D eigenvalue weighted by atomic mass is 16.5. The summed E-state index contributed by atoms with van der Waals surface area (Å²) < 4.78 is 20.8. The third kappa shape index (κ3) is 11.8. The van der Waals surface area contributed by atoms with Gasteiger partial charge in [0, 0.05) is 33.0 Å². The Labute approximate surface area is 326 Å². The number of aliphatic hydroxyl groups is 3. The summed E-state index contributed by atoms with van der Waals surface area (Å²) in [5.74, 6) is -1.18. The van der Waals surface area contributed by atoms with Crippen molar-refractivity contribution < 1.29 is 58.6 Å². The van der Waals surface area contributed by atoms with Gasteiger partial charge in [0.1, 0.15) is 12.6 Å². The van der Waals surface area contributed by atoms with Crippen LogP contribution in [0.1, 0.15) is 91.4 Å². The zero-order chi connectivity index (χ0) is 40.2. The van der Waals surface area contributed by atoms with E-state index in [0.717, 1.165) is 32.1 Å². The van der Waals surface area contributed by atoms with Crippen LogP contribution in [-0.2, 0) is 38.1 Å². The van der Waals surface area contributed by atoms with Crippen molar-refractivity contribution in [3.05, 3.63) is 0 Å². The number of rotatable bonds is 23. The average Bonchev–Trinajstić information content (AvgIpc) is 3.50. The van der Waals surface area contributed by atoms with Crippen molar-refractivity contribution >= 4 is 23.7 Å². The number of aliphatic hydroxyl groups excluding tert-OH is 3. The second-order valence-electron chi connectivity index (χ2n) is 17.0. The maximum Gasteiger partial charge on any atom is 0.326 e. The molecule has 0 bridgehead atoms. The molecule has 4 rings (SSSR count). The molecule has 0 heterocycles. The van der Waals surface area contributed by atoms with Crippen LogP contribution in [0.15, 0.2) is 0 Å². The average molecular weight is 784 g/mol. The number of fused-ring (bicyclic) bond motifs is 5. The minimum absolute atomic E-state index is 0.00270. The predicted molar refractivity (Wildman–Crippen MR) is 202 cm³/mol. The number of hydrogen-bond donors (Lipinski definition) is 7. The molecule has 0 aliphatic heterocycles. The van der Waals surface area contributed by atoms with Crippen LogP contribution in [0.4, 0.5) is 0 Å². The maximum absolute atomic E-state index is 13.0. The van der Waals surface area contributed by atoms with Crippen molar-refractivity contribution in [3.8, 4) is 0 Å². The fourth-order valence-electron chi connectivity index (χ4n) is 10.8. The molecule has 0 radical (unpaired) electrons. The van der Waals surface area contributed by atoms with Gasteiger partial charge in [0.15, 0.2) is 0 Å². The number of nitrogens with one attached hydrogen (secondary N) is 3. The summed E-state index contributed by atoms with van der Waals surface area (Å²) >= 11 is 0. The van der Waals surface area contributed by atoms with Crippen molar-refractivity contribution in [1.29, 1.82) is 0 Å². The maximum atomic E-state index is 13.0. The Kier molecular flexibility index (Phi) is 17.6. The summed E-state index contributed by atoms with van der Waals surface area (Å²) in [5, 5.41) is 51.4. The monoisotopic (exact) mass is 783 g/mol. The molecule has 0 saturated heterocycles. The molecule has 4 saturated carbocycles. The first-order chi connectivity index (χ1) is 26.2. The first kappa shape index (κ1) is 45.3. The molecule has 12 atom stereocenters. The zero-order valence-corrected chi connectivity index (χ0v) is 33.5. The summed E-state index contributed by atoms with van der Waals surface area (Å²) in [6.45, 7) is 9.06. The van der Waals surface area contributed by atoms with Crippen molar-refractivity contribution in [2.24, 2.45) is 46.3 Å². The van der Waals surface area contributed by atoms with Crippen molar-refractivity contribution in [2.75, 3.05) is 66.4 Å². The molecule has 4 unspecified atom stereocenters. The van der Waals surface area contributed by atoms with Crippen LogP contribution in [0.5, 0.6) is 0 Å². The number of carboxylic acid groups (broad SMARTS) is 1. The fraction of sp³-hybridized carbons (Fsp3) is 0.900. The van der Waals surface area contributed by atoms with Gasteiger partial charge >= 0.3 is 5.97 Å². The molecule has 4 aliphatic rings. The van der Waals surface area contributed by atoms with Crippen LogP contribution in [0.25, 0.3) is 0 Å². The lowest BCUT2D eigenvalue weighted by molar-refractivity contribution is -0.207. The molecule has 15 heteroatoms. The standard InChI is InChI=1S/C40H69N3O12/c1-25(28-6-7-29-37-30(23-33(46)40(28,29)3)39(2)12-11-27(44)21-26(39)22-32(37)45)5-9-35(48)43-31(38(50)51)8-10-34(47)41-13-15-54-19-20-55-24-36(49)42-14-16-53-18-17-52-4/h25-33,37,44-46H,5-24H2,1-4H3,(H,41,47)(H,42,49)(H,43,48)(H,50,51)/t25-,26+,27-,28?,29+,30?,31?,32-,33+,37?,39+,40-/m1/s1. The number of carbonyl (C=O) groups excluding carboxylic acids is 3. The molecule has 316 valence electrons.